The lowest BCUT2D eigenvalue weighted by Crippen LogP contribution is -2.46. The predicted molar refractivity (Wildman–Crippen MR) is 120 cm³/mol. The van der Waals surface area contributed by atoms with E-state index in [1.165, 1.54) is 0 Å². The van der Waals surface area contributed by atoms with Crippen LogP contribution in [0, 0.1) is 17.2 Å². The Morgan fingerprint density at radius 3 is 2.35 bits per heavy atom. The van der Waals surface area contributed by atoms with Crippen LogP contribution in [0.1, 0.15) is 50.2 Å². The molecule has 8 nitrogen and oxygen atoms in total. The van der Waals surface area contributed by atoms with Gasteiger partial charge in [-0.2, -0.15) is 10.2 Å². The molecule has 8 heteroatoms. The third-order valence-corrected chi connectivity index (χ3v) is 6.46. The Morgan fingerprint density at radius 1 is 1.13 bits per heavy atom. The number of hydrogen-bond donors (Lipinski definition) is 2. The van der Waals surface area contributed by atoms with Gasteiger partial charge in [-0.25, -0.2) is 0 Å². The molecule has 3 heterocycles. The Balaban J connectivity index is 1.83. The topological polar surface area (TPSA) is 105 Å². The number of anilines is 3. The molecule has 1 saturated heterocycles. The number of amides is 1. The second-order valence-electron chi connectivity index (χ2n) is 8.75. The highest BCUT2D eigenvalue weighted by molar-refractivity contribution is 5.98. The van der Waals surface area contributed by atoms with Crippen LogP contribution in [0.2, 0.25) is 0 Å². The number of nitrogens with one attached hydrogen (secondary N) is 2. The largest absolute Gasteiger partial charge is 0.378 e. The number of nitriles is 1. The summed E-state index contributed by atoms with van der Waals surface area (Å²) < 4.78 is 0. The van der Waals surface area contributed by atoms with E-state index in [0.717, 1.165) is 30.5 Å². The number of benzene rings is 1. The summed E-state index contributed by atoms with van der Waals surface area (Å²) in [5.74, 6) is -1.38. The summed E-state index contributed by atoms with van der Waals surface area (Å²) in [5, 5.41) is 12.4. The molecule has 0 radical (unpaired) electrons. The Morgan fingerprint density at radius 2 is 1.77 bits per heavy atom. The van der Waals surface area contributed by atoms with E-state index >= 15 is 0 Å². The lowest BCUT2D eigenvalue weighted by atomic mass is 9.79. The van der Waals surface area contributed by atoms with Gasteiger partial charge in [0.25, 0.3) is 5.56 Å². The first-order chi connectivity index (χ1) is 14.8. The summed E-state index contributed by atoms with van der Waals surface area (Å²) in [4.78, 5) is 37.7. The van der Waals surface area contributed by atoms with Gasteiger partial charge in [0.1, 0.15) is 11.7 Å². The van der Waals surface area contributed by atoms with Crippen LogP contribution in [0.4, 0.5) is 17.5 Å². The Bertz CT molecular complexity index is 1070. The molecule has 162 valence electrons. The van der Waals surface area contributed by atoms with Crippen LogP contribution in [0.5, 0.6) is 0 Å². The molecule has 1 fully saturated rings. The van der Waals surface area contributed by atoms with E-state index in [4.69, 9.17) is 0 Å². The average molecular weight is 421 g/mol. The van der Waals surface area contributed by atoms with Crippen molar-refractivity contribution >= 4 is 23.4 Å². The van der Waals surface area contributed by atoms with Gasteiger partial charge in [0.05, 0.1) is 11.6 Å². The van der Waals surface area contributed by atoms with Gasteiger partial charge in [-0.3, -0.25) is 14.6 Å². The van der Waals surface area contributed by atoms with Gasteiger partial charge >= 0.3 is 0 Å². The van der Waals surface area contributed by atoms with Gasteiger partial charge in [0, 0.05) is 37.8 Å². The molecule has 4 atom stereocenters. The fourth-order valence-corrected chi connectivity index (χ4v) is 4.80. The highest BCUT2D eigenvalue weighted by Gasteiger charge is 2.41. The van der Waals surface area contributed by atoms with Crippen molar-refractivity contribution in [3.05, 3.63) is 45.7 Å². The smallest absolute Gasteiger partial charge is 0.258 e. The summed E-state index contributed by atoms with van der Waals surface area (Å²) >= 11 is 0. The van der Waals surface area contributed by atoms with Crippen LogP contribution in [-0.4, -0.2) is 42.1 Å². The number of aromatic amines is 1. The first-order valence-electron chi connectivity index (χ1n) is 10.7. The van der Waals surface area contributed by atoms with Gasteiger partial charge < -0.3 is 15.1 Å². The van der Waals surface area contributed by atoms with E-state index in [0.29, 0.717) is 11.5 Å². The number of aromatic nitrogens is 2. The summed E-state index contributed by atoms with van der Waals surface area (Å²) in [5.41, 5.74) is 1.76. The van der Waals surface area contributed by atoms with Crippen LogP contribution in [-0.2, 0) is 4.79 Å². The molecular weight excluding hydrogens is 392 g/mol. The zero-order valence-corrected chi connectivity index (χ0v) is 18.3. The van der Waals surface area contributed by atoms with Gasteiger partial charge in [0.15, 0.2) is 0 Å². The van der Waals surface area contributed by atoms with Crippen molar-refractivity contribution in [1.82, 2.24) is 9.97 Å². The zero-order valence-electron chi connectivity index (χ0n) is 18.3. The van der Waals surface area contributed by atoms with Crippen LogP contribution < -0.4 is 20.7 Å². The molecule has 0 spiro atoms. The maximum absolute atomic E-state index is 13.3. The van der Waals surface area contributed by atoms with Crippen LogP contribution >= 0.6 is 0 Å². The Labute approximate surface area is 181 Å². The van der Waals surface area contributed by atoms with Crippen molar-refractivity contribution in [3.8, 4) is 6.07 Å². The average Bonchev–Trinajstić information content (AvgIpc) is 2.72. The number of carbonyl (C=O) groups excluding carboxylic acids is 1. The number of hydrogen-bond acceptors (Lipinski definition) is 6. The van der Waals surface area contributed by atoms with Gasteiger partial charge in [-0.05, 0) is 50.8 Å². The summed E-state index contributed by atoms with van der Waals surface area (Å²) in [6, 6.07) is 10.1. The molecular formula is C23H28N6O2. The zero-order chi connectivity index (χ0) is 22.3. The number of nitrogens with zero attached hydrogens (tertiary/aromatic N) is 4. The van der Waals surface area contributed by atoms with Crippen molar-refractivity contribution < 1.29 is 4.79 Å². The third-order valence-electron chi connectivity index (χ3n) is 6.46. The van der Waals surface area contributed by atoms with Crippen molar-refractivity contribution in [2.75, 3.05) is 29.2 Å². The number of carbonyl (C=O) groups is 1. The minimum atomic E-state index is -1.00. The normalized spacial score (nSPS) is 25.4. The van der Waals surface area contributed by atoms with Gasteiger partial charge in [0.2, 0.25) is 11.9 Å². The van der Waals surface area contributed by atoms with Crippen molar-refractivity contribution in [3.63, 3.8) is 0 Å². The monoisotopic (exact) mass is 420 g/mol. The third kappa shape index (κ3) is 3.65. The van der Waals surface area contributed by atoms with Crippen molar-refractivity contribution in [2.24, 2.45) is 5.92 Å². The van der Waals surface area contributed by atoms with E-state index in [1.807, 2.05) is 43.3 Å². The number of H-pyrrole nitrogens is 1. The molecule has 0 bridgehead atoms. The predicted octanol–water partition coefficient (Wildman–Crippen LogP) is 2.83. The lowest BCUT2D eigenvalue weighted by molar-refractivity contribution is -0.119. The van der Waals surface area contributed by atoms with E-state index in [1.54, 1.807) is 0 Å². The molecule has 1 aromatic carbocycles. The molecule has 2 aliphatic rings. The maximum Gasteiger partial charge on any atom is 0.258 e. The molecule has 31 heavy (non-hydrogen) atoms. The first kappa shape index (κ1) is 20.9. The standard InChI is InChI=1S/C23H28N6O2/c1-13-6-5-7-14(2)29(13)23-26-20-19(22(31)27-23)18(17(12-24)21(30)25-20)15-8-10-16(11-9-15)28(3)4/h8-11,13-14,17-18H,5-7H2,1-4H3,(H2,25,26,27,30,31). The van der Waals surface area contributed by atoms with Crippen LogP contribution in [0.15, 0.2) is 29.1 Å². The van der Waals surface area contributed by atoms with E-state index < -0.39 is 17.7 Å². The molecule has 4 unspecified atom stereocenters. The highest BCUT2D eigenvalue weighted by Crippen LogP contribution is 2.39. The van der Waals surface area contributed by atoms with Gasteiger partial charge in [-0.1, -0.05) is 12.1 Å². The molecule has 0 aliphatic carbocycles. The summed E-state index contributed by atoms with van der Waals surface area (Å²) in [7, 11) is 3.88. The summed E-state index contributed by atoms with van der Waals surface area (Å²) in [6.45, 7) is 4.24. The van der Waals surface area contributed by atoms with Crippen LogP contribution in [0.3, 0.4) is 0 Å². The SMILES string of the molecule is CC1CCCC(C)N1c1nc2c(c(=O)[nH]1)C(c1ccc(N(C)C)cc1)C(C#N)C(=O)N2. The molecule has 1 amide bonds. The molecule has 1 aromatic heterocycles. The van der Waals surface area contributed by atoms with E-state index in [-0.39, 0.29) is 23.5 Å². The Kier molecular flexibility index (Phi) is 5.44. The lowest BCUT2D eigenvalue weighted by Gasteiger charge is -2.40. The maximum atomic E-state index is 13.3. The minimum absolute atomic E-state index is 0.241. The van der Waals surface area contributed by atoms with Crippen LogP contribution in [0.25, 0.3) is 0 Å². The first-order valence-corrected chi connectivity index (χ1v) is 10.7. The van der Waals surface area contributed by atoms with Gasteiger partial charge in [-0.15, -0.1) is 0 Å². The second kappa shape index (κ2) is 8.06. The van der Waals surface area contributed by atoms with Crippen molar-refractivity contribution in [2.45, 2.75) is 51.1 Å². The molecule has 2 aromatic rings. The Hall–Kier alpha value is -3.34. The fraction of sp³-hybridized carbons (Fsp3) is 0.478. The number of fused-ring (bicyclic) bond motifs is 1. The molecule has 2 N–H and O–H groups in total. The highest BCUT2D eigenvalue weighted by atomic mass is 16.2. The quantitative estimate of drug-likeness (QED) is 0.791. The summed E-state index contributed by atoms with van der Waals surface area (Å²) in [6.07, 6.45) is 3.18. The number of piperidine rings is 1. The second-order valence-corrected chi connectivity index (χ2v) is 8.75. The van der Waals surface area contributed by atoms with E-state index in [9.17, 15) is 14.9 Å². The fourth-order valence-electron chi connectivity index (χ4n) is 4.80. The molecule has 2 aliphatic heterocycles. The molecule has 0 saturated carbocycles. The van der Waals surface area contributed by atoms with E-state index in [2.05, 4.69) is 40.1 Å². The minimum Gasteiger partial charge on any atom is -0.378 e. The molecule has 4 rings (SSSR count). The number of rotatable bonds is 3. The van der Waals surface area contributed by atoms with Crippen molar-refractivity contribution in [1.29, 1.82) is 5.26 Å².